The van der Waals surface area contributed by atoms with E-state index in [1.54, 1.807) is 20.3 Å². The summed E-state index contributed by atoms with van der Waals surface area (Å²) in [6.45, 7) is 4.18. The maximum atomic E-state index is 12.3. The first-order valence-electron chi connectivity index (χ1n) is 7.19. The van der Waals surface area contributed by atoms with Crippen LogP contribution in [0.1, 0.15) is 39.5 Å². The van der Waals surface area contributed by atoms with E-state index in [1.807, 2.05) is 19.1 Å². The van der Waals surface area contributed by atoms with E-state index in [0.29, 0.717) is 17.2 Å². The summed E-state index contributed by atoms with van der Waals surface area (Å²) in [6, 6.07) is 5.38. The second-order valence-corrected chi connectivity index (χ2v) is 4.80. The molecule has 0 fully saturated rings. The zero-order valence-corrected chi connectivity index (χ0v) is 12.9. The number of benzene rings is 1. The van der Waals surface area contributed by atoms with Crippen molar-refractivity contribution in [2.45, 2.75) is 39.5 Å². The average molecular weight is 279 g/mol. The zero-order valence-electron chi connectivity index (χ0n) is 12.9. The molecule has 1 aromatic carbocycles. The molecular formula is C16H25NO3. The van der Waals surface area contributed by atoms with Crippen molar-refractivity contribution in [2.24, 2.45) is 5.92 Å². The van der Waals surface area contributed by atoms with E-state index in [-0.39, 0.29) is 11.8 Å². The Labute approximate surface area is 121 Å². The number of unbranched alkanes of at least 4 members (excludes halogenated alkanes) is 1. The van der Waals surface area contributed by atoms with Crippen LogP contribution in [0.5, 0.6) is 11.5 Å². The first-order chi connectivity index (χ1) is 9.65. The van der Waals surface area contributed by atoms with E-state index in [1.165, 1.54) is 0 Å². The standard InChI is InChI=1S/C16H25NO3/c1-5-7-8-12(6-2)16(18)17-14-10-9-13(19-3)11-15(14)20-4/h9-12H,5-8H2,1-4H3,(H,17,18)/t12-/m1/s1. The second kappa shape index (κ2) is 8.46. The van der Waals surface area contributed by atoms with Crippen LogP contribution in [0.3, 0.4) is 0 Å². The van der Waals surface area contributed by atoms with Crippen LogP contribution in [-0.4, -0.2) is 20.1 Å². The predicted octanol–water partition coefficient (Wildman–Crippen LogP) is 3.86. The number of ether oxygens (including phenoxy) is 2. The van der Waals surface area contributed by atoms with E-state index in [2.05, 4.69) is 12.2 Å². The predicted molar refractivity (Wildman–Crippen MR) is 81.5 cm³/mol. The van der Waals surface area contributed by atoms with Gasteiger partial charge in [-0.1, -0.05) is 26.7 Å². The Morgan fingerprint density at radius 1 is 1.25 bits per heavy atom. The highest BCUT2D eigenvalue weighted by molar-refractivity contribution is 5.94. The third-order valence-electron chi connectivity index (χ3n) is 3.44. The van der Waals surface area contributed by atoms with Crippen LogP contribution < -0.4 is 14.8 Å². The van der Waals surface area contributed by atoms with Gasteiger partial charge in [0.15, 0.2) is 0 Å². The molecule has 0 bridgehead atoms. The van der Waals surface area contributed by atoms with Gasteiger partial charge < -0.3 is 14.8 Å². The van der Waals surface area contributed by atoms with Gasteiger partial charge in [-0.25, -0.2) is 0 Å². The summed E-state index contributed by atoms with van der Waals surface area (Å²) >= 11 is 0. The summed E-state index contributed by atoms with van der Waals surface area (Å²) in [7, 11) is 3.18. The number of carbonyl (C=O) groups excluding carboxylic acids is 1. The Morgan fingerprint density at radius 2 is 2.00 bits per heavy atom. The number of anilines is 1. The van der Waals surface area contributed by atoms with Crippen molar-refractivity contribution in [1.82, 2.24) is 0 Å². The van der Waals surface area contributed by atoms with Crippen LogP contribution in [0.15, 0.2) is 18.2 Å². The minimum atomic E-state index is 0.0572. The molecular weight excluding hydrogens is 254 g/mol. The molecule has 1 rings (SSSR count). The van der Waals surface area contributed by atoms with Crippen LogP contribution in [0.2, 0.25) is 0 Å². The number of methoxy groups -OCH3 is 2. The highest BCUT2D eigenvalue weighted by Crippen LogP contribution is 2.29. The Balaban J connectivity index is 2.78. The number of carbonyl (C=O) groups is 1. The van der Waals surface area contributed by atoms with Crippen molar-refractivity contribution in [1.29, 1.82) is 0 Å². The monoisotopic (exact) mass is 279 g/mol. The summed E-state index contributed by atoms with van der Waals surface area (Å²) in [4.78, 5) is 12.3. The molecule has 4 heteroatoms. The molecule has 1 N–H and O–H groups in total. The van der Waals surface area contributed by atoms with Crippen molar-refractivity contribution in [3.63, 3.8) is 0 Å². The molecule has 1 aromatic rings. The minimum absolute atomic E-state index is 0.0572. The molecule has 4 nitrogen and oxygen atoms in total. The zero-order chi connectivity index (χ0) is 15.0. The molecule has 0 aliphatic heterocycles. The van der Waals surface area contributed by atoms with Gasteiger partial charge in [0.05, 0.1) is 19.9 Å². The molecule has 0 heterocycles. The maximum Gasteiger partial charge on any atom is 0.227 e. The Hall–Kier alpha value is -1.71. The van der Waals surface area contributed by atoms with Gasteiger partial charge in [-0.05, 0) is 25.0 Å². The molecule has 20 heavy (non-hydrogen) atoms. The van der Waals surface area contributed by atoms with Gasteiger partial charge in [0.1, 0.15) is 11.5 Å². The first-order valence-corrected chi connectivity index (χ1v) is 7.19. The van der Waals surface area contributed by atoms with Gasteiger partial charge in [-0.3, -0.25) is 4.79 Å². The largest absolute Gasteiger partial charge is 0.497 e. The quantitative estimate of drug-likeness (QED) is 0.786. The van der Waals surface area contributed by atoms with E-state index in [0.717, 1.165) is 25.7 Å². The summed E-state index contributed by atoms with van der Waals surface area (Å²) in [5.74, 6) is 1.44. The number of amides is 1. The van der Waals surface area contributed by atoms with Gasteiger partial charge in [0, 0.05) is 12.0 Å². The molecule has 1 atom stereocenters. The Morgan fingerprint density at radius 3 is 2.55 bits per heavy atom. The summed E-state index contributed by atoms with van der Waals surface area (Å²) < 4.78 is 10.4. The van der Waals surface area contributed by atoms with Crippen LogP contribution in [0, 0.1) is 5.92 Å². The smallest absolute Gasteiger partial charge is 0.227 e. The molecule has 0 aromatic heterocycles. The normalized spacial score (nSPS) is 11.8. The van der Waals surface area contributed by atoms with Crippen LogP contribution >= 0.6 is 0 Å². The topological polar surface area (TPSA) is 47.6 Å². The number of hydrogen-bond acceptors (Lipinski definition) is 3. The van der Waals surface area contributed by atoms with Crippen molar-refractivity contribution in [3.05, 3.63) is 18.2 Å². The second-order valence-electron chi connectivity index (χ2n) is 4.80. The first kappa shape index (κ1) is 16.3. The van der Waals surface area contributed by atoms with Gasteiger partial charge >= 0.3 is 0 Å². The van der Waals surface area contributed by atoms with Gasteiger partial charge in [-0.2, -0.15) is 0 Å². The molecule has 0 saturated heterocycles. The molecule has 0 unspecified atom stereocenters. The highest BCUT2D eigenvalue weighted by atomic mass is 16.5. The fourth-order valence-electron chi connectivity index (χ4n) is 2.11. The number of rotatable bonds is 8. The minimum Gasteiger partial charge on any atom is -0.497 e. The van der Waals surface area contributed by atoms with Crippen molar-refractivity contribution in [3.8, 4) is 11.5 Å². The fourth-order valence-corrected chi connectivity index (χ4v) is 2.11. The lowest BCUT2D eigenvalue weighted by Gasteiger charge is -2.16. The van der Waals surface area contributed by atoms with Gasteiger partial charge in [-0.15, -0.1) is 0 Å². The van der Waals surface area contributed by atoms with Crippen molar-refractivity contribution >= 4 is 11.6 Å². The van der Waals surface area contributed by atoms with E-state index >= 15 is 0 Å². The van der Waals surface area contributed by atoms with Crippen molar-refractivity contribution < 1.29 is 14.3 Å². The van der Waals surface area contributed by atoms with Gasteiger partial charge in [0.25, 0.3) is 0 Å². The summed E-state index contributed by atoms with van der Waals surface area (Å²) in [5.41, 5.74) is 0.688. The molecule has 0 radical (unpaired) electrons. The van der Waals surface area contributed by atoms with Crippen LogP contribution in [0.25, 0.3) is 0 Å². The lowest BCUT2D eigenvalue weighted by molar-refractivity contribution is -0.120. The molecule has 0 spiro atoms. The summed E-state index contributed by atoms with van der Waals surface area (Å²) in [6.07, 6.45) is 3.96. The van der Waals surface area contributed by atoms with Crippen LogP contribution in [-0.2, 0) is 4.79 Å². The van der Waals surface area contributed by atoms with E-state index in [4.69, 9.17) is 9.47 Å². The molecule has 0 saturated carbocycles. The number of hydrogen-bond donors (Lipinski definition) is 1. The maximum absolute atomic E-state index is 12.3. The third kappa shape index (κ3) is 4.44. The lowest BCUT2D eigenvalue weighted by atomic mass is 9.98. The lowest BCUT2D eigenvalue weighted by Crippen LogP contribution is -2.22. The fraction of sp³-hybridized carbons (Fsp3) is 0.562. The molecule has 0 aliphatic rings. The third-order valence-corrected chi connectivity index (χ3v) is 3.44. The van der Waals surface area contributed by atoms with E-state index in [9.17, 15) is 4.79 Å². The number of nitrogens with one attached hydrogen (secondary N) is 1. The highest BCUT2D eigenvalue weighted by Gasteiger charge is 2.17. The molecule has 1 amide bonds. The molecule has 0 aliphatic carbocycles. The SMILES string of the molecule is CCCC[C@@H](CC)C(=O)Nc1ccc(OC)cc1OC. The summed E-state index contributed by atoms with van der Waals surface area (Å²) in [5, 5.41) is 2.95. The van der Waals surface area contributed by atoms with Gasteiger partial charge in [0.2, 0.25) is 5.91 Å². The van der Waals surface area contributed by atoms with E-state index < -0.39 is 0 Å². The Kier molecular flexibility index (Phi) is 6.91. The average Bonchev–Trinajstić information content (AvgIpc) is 2.48. The van der Waals surface area contributed by atoms with Crippen molar-refractivity contribution in [2.75, 3.05) is 19.5 Å². The van der Waals surface area contributed by atoms with Crippen LogP contribution in [0.4, 0.5) is 5.69 Å². The Bertz CT molecular complexity index is 432. The molecule has 112 valence electrons.